The fourth-order valence-electron chi connectivity index (χ4n) is 2.84. The smallest absolute Gasteiger partial charge is 0.397 e. The maximum Gasteiger partial charge on any atom is 0.417 e. The van der Waals surface area contributed by atoms with Gasteiger partial charge < -0.3 is 11.1 Å². The van der Waals surface area contributed by atoms with E-state index >= 15 is 0 Å². The number of nitrogens with one attached hydrogen (secondary N) is 1. The predicted molar refractivity (Wildman–Crippen MR) is 117 cm³/mol. The molecule has 4 aromatic rings. The lowest BCUT2D eigenvalue weighted by Crippen LogP contribution is -2.13. The molecular formula is C19H10Cl2F3N3OS2. The topological polar surface area (TPSA) is 68.0 Å². The second kappa shape index (κ2) is 7.73. The Hall–Kier alpha value is -2.33. The molecule has 0 bridgehead atoms. The van der Waals surface area contributed by atoms with E-state index in [4.69, 9.17) is 28.9 Å². The number of benzene rings is 1. The molecule has 0 aliphatic heterocycles. The molecular weight excluding hydrogens is 478 g/mol. The van der Waals surface area contributed by atoms with Crippen LogP contribution in [-0.2, 0) is 6.18 Å². The van der Waals surface area contributed by atoms with Crippen LogP contribution < -0.4 is 11.1 Å². The minimum Gasteiger partial charge on any atom is -0.397 e. The molecule has 3 N–H and O–H groups in total. The number of hydrogen-bond donors (Lipinski definition) is 2. The van der Waals surface area contributed by atoms with E-state index in [-0.39, 0.29) is 42.2 Å². The lowest BCUT2D eigenvalue weighted by Gasteiger charge is -2.11. The molecule has 0 saturated heterocycles. The molecule has 0 unspecified atom stereocenters. The fraction of sp³-hybridized carbons (Fsp3) is 0.0526. The lowest BCUT2D eigenvalue weighted by atomic mass is 10.1. The molecule has 4 rings (SSSR count). The summed E-state index contributed by atoms with van der Waals surface area (Å²) in [5.74, 6) is -0.703. The maximum atomic E-state index is 13.8. The van der Waals surface area contributed by atoms with Crippen LogP contribution in [0.1, 0.15) is 15.2 Å². The van der Waals surface area contributed by atoms with E-state index < -0.39 is 17.6 Å². The Kier molecular flexibility index (Phi) is 5.39. The Morgan fingerprint density at radius 1 is 1.17 bits per heavy atom. The Labute approximate surface area is 186 Å². The number of carbonyl (C=O) groups is 1. The number of nitrogen functional groups attached to an aromatic ring is 1. The Morgan fingerprint density at radius 2 is 1.93 bits per heavy atom. The number of aromatic nitrogens is 1. The number of hydrogen-bond acceptors (Lipinski definition) is 5. The fourth-order valence-corrected chi connectivity index (χ4v) is 4.89. The summed E-state index contributed by atoms with van der Waals surface area (Å²) >= 11 is 14.1. The summed E-state index contributed by atoms with van der Waals surface area (Å²) in [4.78, 5) is 17.6. The van der Waals surface area contributed by atoms with Gasteiger partial charge in [0, 0.05) is 5.39 Å². The molecule has 30 heavy (non-hydrogen) atoms. The van der Waals surface area contributed by atoms with Crippen LogP contribution in [0.2, 0.25) is 10.0 Å². The first-order valence-electron chi connectivity index (χ1n) is 8.26. The summed E-state index contributed by atoms with van der Waals surface area (Å²) in [6.45, 7) is 0. The van der Waals surface area contributed by atoms with Crippen LogP contribution in [0.4, 0.5) is 24.5 Å². The molecule has 3 heterocycles. The van der Waals surface area contributed by atoms with Crippen LogP contribution in [0.15, 0.2) is 41.8 Å². The van der Waals surface area contributed by atoms with Crippen molar-refractivity contribution in [2.24, 2.45) is 0 Å². The average Bonchev–Trinajstić information content (AvgIpc) is 3.32. The summed E-state index contributed by atoms with van der Waals surface area (Å²) in [5, 5.41) is 4.32. The van der Waals surface area contributed by atoms with Crippen molar-refractivity contribution in [2.45, 2.75) is 6.18 Å². The molecule has 1 aromatic carbocycles. The minimum atomic E-state index is -4.67. The molecule has 0 radical (unpaired) electrons. The number of amides is 1. The van der Waals surface area contributed by atoms with Gasteiger partial charge in [-0.3, -0.25) is 4.79 Å². The first-order valence-corrected chi connectivity index (χ1v) is 10.7. The van der Waals surface area contributed by atoms with Crippen molar-refractivity contribution in [2.75, 3.05) is 11.1 Å². The van der Waals surface area contributed by atoms with Crippen molar-refractivity contribution in [3.05, 3.63) is 62.3 Å². The molecule has 0 spiro atoms. The van der Waals surface area contributed by atoms with Gasteiger partial charge in [-0.05, 0) is 29.6 Å². The van der Waals surface area contributed by atoms with E-state index in [0.29, 0.717) is 4.88 Å². The van der Waals surface area contributed by atoms with Crippen LogP contribution in [0.5, 0.6) is 0 Å². The number of anilines is 2. The Balaban J connectivity index is 1.85. The van der Waals surface area contributed by atoms with Gasteiger partial charge in [0.25, 0.3) is 5.91 Å². The number of carbonyl (C=O) groups excluding carboxylic acids is 1. The summed E-state index contributed by atoms with van der Waals surface area (Å²) in [6.07, 6.45) is -4.67. The Bertz CT molecular complexity index is 1270. The molecule has 0 fully saturated rings. The first kappa shape index (κ1) is 20.9. The number of halogens is 5. The van der Waals surface area contributed by atoms with Gasteiger partial charge in [0.15, 0.2) is 0 Å². The van der Waals surface area contributed by atoms with E-state index in [2.05, 4.69) is 10.3 Å². The molecule has 4 nitrogen and oxygen atoms in total. The highest BCUT2D eigenvalue weighted by Crippen LogP contribution is 2.44. The van der Waals surface area contributed by atoms with Gasteiger partial charge >= 0.3 is 6.18 Å². The molecule has 154 valence electrons. The number of nitrogens with two attached hydrogens (primary N) is 1. The number of thiophene rings is 2. The van der Waals surface area contributed by atoms with Crippen molar-refractivity contribution < 1.29 is 18.0 Å². The first-order chi connectivity index (χ1) is 14.2. The maximum absolute atomic E-state index is 13.8. The third kappa shape index (κ3) is 3.74. The summed E-state index contributed by atoms with van der Waals surface area (Å²) < 4.78 is 41.3. The highest BCUT2D eigenvalue weighted by Gasteiger charge is 2.36. The number of pyridine rings is 1. The van der Waals surface area contributed by atoms with Crippen LogP contribution in [0, 0.1) is 0 Å². The molecule has 1 amide bonds. The van der Waals surface area contributed by atoms with Crippen LogP contribution >= 0.6 is 45.9 Å². The summed E-state index contributed by atoms with van der Waals surface area (Å²) in [5.41, 5.74) is 5.13. The van der Waals surface area contributed by atoms with Gasteiger partial charge in [-0.1, -0.05) is 35.3 Å². The molecule has 3 aromatic heterocycles. The molecule has 0 saturated carbocycles. The zero-order valence-electron chi connectivity index (χ0n) is 14.7. The zero-order chi connectivity index (χ0) is 21.6. The van der Waals surface area contributed by atoms with Crippen LogP contribution in [-0.4, -0.2) is 10.9 Å². The number of nitrogens with zero attached hydrogens (tertiary/aromatic N) is 1. The van der Waals surface area contributed by atoms with Crippen molar-refractivity contribution >= 4 is 73.4 Å². The van der Waals surface area contributed by atoms with Gasteiger partial charge in [0.2, 0.25) is 0 Å². The molecule has 11 heteroatoms. The largest absolute Gasteiger partial charge is 0.417 e. The van der Waals surface area contributed by atoms with Crippen LogP contribution in [0.3, 0.4) is 0 Å². The quantitative estimate of drug-likeness (QED) is 0.321. The van der Waals surface area contributed by atoms with Crippen molar-refractivity contribution in [1.29, 1.82) is 0 Å². The van der Waals surface area contributed by atoms with Crippen molar-refractivity contribution in [3.63, 3.8) is 0 Å². The number of alkyl halides is 3. The second-order valence-electron chi connectivity index (χ2n) is 6.11. The third-order valence-electron chi connectivity index (χ3n) is 4.18. The van der Waals surface area contributed by atoms with Crippen LogP contribution in [0.25, 0.3) is 20.8 Å². The number of rotatable bonds is 3. The van der Waals surface area contributed by atoms with E-state index in [9.17, 15) is 18.0 Å². The van der Waals surface area contributed by atoms with Gasteiger partial charge in [-0.15, -0.1) is 22.7 Å². The number of fused-ring (bicyclic) bond motifs is 1. The second-order valence-corrected chi connectivity index (χ2v) is 8.84. The summed E-state index contributed by atoms with van der Waals surface area (Å²) in [6, 6.07) is 8.98. The molecule has 0 atom stereocenters. The van der Waals surface area contributed by atoms with E-state index in [1.165, 1.54) is 17.4 Å². The monoisotopic (exact) mass is 487 g/mol. The third-order valence-corrected chi connectivity index (χ3v) is 6.99. The highest BCUT2D eigenvalue weighted by molar-refractivity contribution is 7.21. The standard InChI is InChI=1S/C19H10Cl2F3N3OS2/c20-9-3-1-4-10(14(9)21)26-17(28)16-15(25)13-8(19(22,23)24)7-11(27-18(13)30-16)12-5-2-6-29-12/h1-7H,25H2,(H,26,28). The van der Waals surface area contributed by atoms with Gasteiger partial charge in [0.05, 0.1) is 37.6 Å². The van der Waals surface area contributed by atoms with Crippen molar-refractivity contribution in [1.82, 2.24) is 4.98 Å². The van der Waals surface area contributed by atoms with Gasteiger partial charge in [0.1, 0.15) is 9.71 Å². The molecule has 0 aliphatic carbocycles. The van der Waals surface area contributed by atoms with E-state index in [0.717, 1.165) is 17.4 Å². The Morgan fingerprint density at radius 3 is 2.60 bits per heavy atom. The summed E-state index contributed by atoms with van der Waals surface area (Å²) in [7, 11) is 0. The lowest BCUT2D eigenvalue weighted by molar-refractivity contribution is -0.136. The van der Waals surface area contributed by atoms with E-state index in [1.54, 1.807) is 29.6 Å². The highest BCUT2D eigenvalue weighted by atomic mass is 35.5. The minimum absolute atomic E-state index is 0.0214. The zero-order valence-corrected chi connectivity index (χ0v) is 17.8. The normalized spacial score (nSPS) is 11.8. The molecule has 0 aliphatic rings. The average molecular weight is 488 g/mol. The van der Waals surface area contributed by atoms with Crippen molar-refractivity contribution in [3.8, 4) is 10.6 Å². The van der Waals surface area contributed by atoms with Gasteiger partial charge in [-0.2, -0.15) is 13.2 Å². The SMILES string of the molecule is Nc1c(C(=O)Nc2cccc(Cl)c2Cl)sc2nc(-c3cccs3)cc(C(F)(F)F)c12. The van der Waals surface area contributed by atoms with Gasteiger partial charge in [-0.25, -0.2) is 4.98 Å². The predicted octanol–water partition coefficient (Wildman–Crippen LogP) is 7.18. The van der Waals surface area contributed by atoms with E-state index in [1.807, 2.05) is 0 Å².